The largest absolute Gasteiger partial charge is 0.463 e. The zero-order valence-corrected chi connectivity index (χ0v) is 9.56. The van der Waals surface area contributed by atoms with E-state index in [1.54, 1.807) is 11.0 Å². The van der Waals surface area contributed by atoms with Crippen LogP contribution in [0.4, 0.5) is 0 Å². The molecule has 0 spiro atoms. The molecule has 88 valence electrons. The molecule has 0 atom stereocenters. The molecule has 0 radical (unpaired) electrons. The average Bonchev–Trinajstić information content (AvgIpc) is 2.76. The van der Waals surface area contributed by atoms with E-state index in [0.29, 0.717) is 0 Å². The monoisotopic (exact) mass is 223 g/mol. The molecule has 0 unspecified atom stereocenters. The summed E-state index contributed by atoms with van der Waals surface area (Å²) in [6, 6.07) is 0. The SMILES string of the molecule is C=CCCCCCn1cnc(C(=O)OC)n1. The van der Waals surface area contributed by atoms with Crippen molar-refractivity contribution in [3.05, 3.63) is 24.8 Å². The summed E-state index contributed by atoms with van der Waals surface area (Å²) in [5.74, 6) is -0.376. The number of unbranched alkanes of at least 4 members (excludes halogenated alkanes) is 3. The first kappa shape index (κ1) is 12.4. The Kier molecular flexibility index (Phi) is 5.25. The van der Waals surface area contributed by atoms with Crippen LogP contribution >= 0.6 is 0 Å². The number of carbonyl (C=O) groups excluding carboxylic acids is 1. The van der Waals surface area contributed by atoms with Gasteiger partial charge in [-0.25, -0.2) is 9.78 Å². The summed E-state index contributed by atoms with van der Waals surface area (Å²) in [7, 11) is 1.32. The molecule has 0 aromatic carbocycles. The Hall–Kier alpha value is -1.65. The number of hydrogen-bond donors (Lipinski definition) is 0. The van der Waals surface area contributed by atoms with Crippen molar-refractivity contribution in [1.29, 1.82) is 0 Å². The lowest BCUT2D eigenvalue weighted by molar-refractivity contribution is 0.0586. The Morgan fingerprint density at radius 2 is 2.38 bits per heavy atom. The number of ether oxygens (including phenoxy) is 1. The predicted octanol–water partition coefficient (Wildman–Crippen LogP) is 1.81. The molecule has 0 aliphatic carbocycles. The number of aromatic nitrogens is 3. The van der Waals surface area contributed by atoms with E-state index in [2.05, 4.69) is 21.4 Å². The minimum Gasteiger partial charge on any atom is -0.463 e. The van der Waals surface area contributed by atoms with E-state index in [-0.39, 0.29) is 5.82 Å². The van der Waals surface area contributed by atoms with Gasteiger partial charge in [-0.1, -0.05) is 12.5 Å². The van der Waals surface area contributed by atoms with Crippen molar-refractivity contribution in [3.63, 3.8) is 0 Å². The van der Waals surface area contributed by atoms with Crippen molar-refractivity contribution < 1.29 is 9.53 Å². The fourth-order valence-corrected chi connectivity index (χ4v) is 1.33. The maximum Gasteiger partial charge on any atom is 0.377 e. The maximum absolute atomic E-state index is 11.1. The van der Waals surface area contributed by atoms with E-state index in [4.69, 9.17) is 0 Å². The number of carbonyl (C=O) groups is 1. The molecule has 0 bridgehead atoms. The molecular formula is C11H17N3O2. The van der Waals surface area contributed by atoms with E-state index in [9.17, 15) is 4.79 Å². The van der Waals surface area contributed by atoms with Gasteiger partial charge in [0.15, 0.2) is 0 Å². The first-order valence-electron chi connectivity index (χ1n) is 5.36. The van der Waals surface area contributed by atoms with Crippen LogP contribution in [0.1, 0.15) is 36.3 Å². The topological polar surface area (TPSA) is 57.0 Å². The maximum atomic E-state index is 11.1. The van der Waals surface area contributed by atoms with Gasteiger partial charge in [-0.2, -0.15) is 0 Å². The molecule has 0 N–H and O–H groups in total. The van der Waals surface area contributed by atoms with E-state index in [1.807, 2.05) is 6.08 Å². The molecule has 0 fully saturated rings. The third-order valence-electron chi connectivity index (χ3n) is 2.20. The summed E-state index contributed by atoms with van der Waals surface area (Å²) >= 11 is 0. The van der Waals surface area contributed by atoms with Crippen LogP contribution in [-0.4, -0.2) is 27.8 Å². The number of esters is 1. The van der Waals surface area contributed by atoms with Crippen LogP contribution in [-0.2, 0) is 11.3 Å². The summed E-state index contributed by atoms with van der Waals surface area (Å²) in [6.07, 6.45) is 7.81. The van der Waals surface area contributed by atoms with Gasteiger partial charge in [0.2, 0.25) is 0 Å². The second-order valence-electron chi connectivity index (χ2n) is 3.46. The predicted molar refractivity (Wildman–Crippen MR) is 60.0 cm³/mol. The molecule has 0 aliphatic rings. The third kappa shape index (κ3) is 3.84. The van der Waals surface area contributed by atoms with Gasteiger partial charge in [0.05, 0.1) is 7.11 Å². The van der Waals surface area contributed by atoms with Crippen LogP contribution in [0.5, 0.6) is 0 Å². The molecule has 0 saturated heterocycles. The molecule has 1 aromatic rings. The number of nitrogens with zero attached hydrogens (tertiary/aromatic N) is 3. The molecule has 0 saturated carbocycles. The van der Waals surface area contributed by atoms with Gasteiger partial charge in [0.1, 0.15) is 6.33 Å². The second-order valence-corrected chi connectivity index (χ2v) is 3.46. The smallest absolute Gasteiger partial charge is 0.377 e. The van der Waals surface area contributed by atoms with Gasteiger partial charge in [0, 0.05) is 6.54 Å². The van der Waals surface area contributed by atoms with Crippen molar-refractivity contribution in [2.24, 2.45) is 0 Å². The second kappa shape index (κ2) is 6.76. The van der Waals surface area contributed by atoms with Gasteiger partial charge in [0.25, 0.3) is 5.82 Å². The van der Waals surface area contributed by atoms with Crippen LogP contribution < -0.4 is 0 Å². The van der Waals surface area contributed by atoms with Crippen LogP contribution in [0.3, 0.4) is 0 Å². The van der Waals surface area contributed by atoms with Crippen LogP contribution in [0.25, 0.3) is 0 Å². The zero-order valence-electron chi connectivity index (χ0n) is 9.56. The third-order valence-corrected chi connectivity index (χ3v) is 2.20. The van der Waals surface area contributed by atoms with Gasteiger partial charge in [-0.15, -0.1) is 11.7 Å². The zero-order chi connectivity index (χ0) is 11.8. The lowest BCUT2D eigenvalue weighted by Crippen LogP contribution is -2.06. The molecule has 0 aliphatic heterocycles. The Morgan fingerprint density at radius 1 is 1.56 bits per heavy atom. The van der Waals surface area contributed by atoms with Crippen molar-refractivity contribution in [3.8, 4) is 0 Å². The Morgan fingerprint density at radius 3 is 3.06 bits per heavy atom. The van der Waals surface area contributed by atoms with Crippen LogP contribution in [0.15, 0.2) is 19.0 Å². The van der Waals surface area contributed by atoms with E-state index >= 15 is 0 Å². The van der Waals surface area contributed by atoms with E-state index < -0.39 is 5.97 Å². The van der Waals surface area contributed by atoms with Gasteiger partial charge in [-0.05, 0) is 19.3 Å². The minimum absolute atomic E-state index is 0.119. The van der Waals surface area contributed by atoms with Crippen molar-refractivity contribution in [2.75, 3.05) is 7.11 Å². The Balaban J connectivity index is 2.29. The lowest BCUT2D eigenvalue weighted by Gasteiger charge is -1.99. The number of methoxy groups -OCH3 is 1. The van der Waals surface area contributed by atoms with Gasteiger partial charge >= 0.3 is 5.97 Å². The summed E-state index contributed by atoms with van der Waals surface area (Å²) in [6.45, 7) is 4.45. The Labute approximate surface area is 95.1 Å². The quantitative estimate of drug-likeness (QED) is 0.402. The highest BCUT2D eigenvalue weighted by molar-refractivity contribution is 5.84. The fraction of sp³-hybridized carbons (Fsp3) is 0.545. The Bertz CT molecular complexity index is 347. The summed E-state index contributed by atoms with van der Waals surface area (Å²) in [5, 5.41) is 4.01. The van der Waals surface area contributed by atoms with Crippen molar-refractivity contribution in [1.82, 2.24) is 14.8 Å². The number of hydrogen-bond acceptors (Lipinski definition) is 4. The highest BCUT2D eigenvalue weighted by Gasteiger charge is 2.10. The molecule has 5 nitrogen and oxygen atoms in total. The molecule has 1 heterocycles. The van der Waals surface area contributed by atoms with E-state index in [0.717, 1.165) is 32.2 Å². The number of allylic oxidation sites excluding steroid dienone is 1. The van der Waals surface area contributed by atoms with Crippen LogP contribution in [0.2, 0.25) is 0 Å². The highest BCUT2D eigenvalue weighted by atomic mass is 16.5. The summed E-state index contributed by atoms with van der Waals surface area (Å²) in [4.78, 5) is 14.9. The first-order valence-corrected chi connectivity index (χ1v) is 5.36. The number of aryl methyl sites for hydroxylation is 1. The molecule has 16 heavy (non-hydrogen) atoms. The molecular weight excluding hydrogens is 206 g/mol. The molecule has 1 rings (SSSR count). The molecule has 5 heteroatoms. The minimum atomic E-state index is -0.495. The molecule has 0 amide bonds. The van der Waals surface area contributed by atoms with Crippen LogP contribution in [0, 0.1) is 0 Å². The first-order chi connectivity index (χ1) is 7.77. The highest BCUT2D eigenvalue weighted by Crippen LogP contribution is 2.02. The average molecular weight is 223 g/mol. The van der Waals surface area contributed by atoms with Crippen molar-refractivity contribution in [2.45, 2.75) is 32.2 Å². The molecule has 1 aromatic heterocycles. The standard InChI is InChI=1S/C11H17N3O2/c1-3-4-5-6-7-8-14-9-12-10(13-14)11(15)16-2/h3,9H,1,4-8H2,2H3. The summed E-state index contributed by atoms with van der Waals surface area (Å²) < 4.78 is 6.19. The number of rotatable bonds is 7. The summed E-state index contributed by atoms with van der Waals surface area (Å²) in [5.41, 5.74) is 0. The van der Waals surface area contributed by atoms with Gasteiger partial charge in [-0.3, -0.25) is 4.68 Å². The van der Waals surface area contributed by atoms with Gasteiger partial charge < -0.3 is 4.74 Å². The van der Waals surface area contributed by atoms with E-state index in [1.165, 1.54) is 7.11 Å². The van der Waals surface area contributed by atoms with Crippen molar-refractivity contribution >= 4 is 5.97 Å². The normalized spacial score (nSPS) is 10.1. The lowest BCUT2D eigenvalue weighted by atomic mass is 10.2. The fourth-order valence-electron chi connectivity index (χ4n) is 1.33.